The van der Waals surface area contributed by atoms with Gasteiger partial charge in [-0.2, -0.15) is 0 Å². The van der Waals surface area contributed by atoms with Crippen molar-refractivity contribution in [3.8, 4) is 0 Å². The van der Waals surface area contributed by atoms with Gasteiger partial charge < -0.3 is 9.80 Å². The molecule has 1 aromatic rings. The lowest BCUT2D eigenvalue weighted by molar-refractivity contribution is -0.384. The van der Waals surface area contributed by atoms with Crippen molar-refractivity contribution in [2.45, 2.75) is 0 Å². The van der Waals surface area contributed by atoms with Gasteiger partial charge >= 0.3 is 0 Å². The Kier molecular flexibility index (Phi) is 3.68. The van der Waals surface area contributed by atoms with E-state index in [4.69, 9.17) is 4.11 Å². The van der Waals surface area contributed by atoms with E-state index < -0.39 is 17.8 Å². The van der Waals surface area contributed by atoms with Crippen LogP contribution < -0.4 is 4.90 Å². The van der Waals surface area contributed by atoms with Crippen molar-refractivity contribution in [1.29, 1.82) is 0 Å². The minimum atomic E-state index is -2.65. The molecule has 1 heterocycles. The van der Waals surface area contributed by atoms with E-state index in [0.29, 0.717) is 13.1 Å². The van der Waals surface area contributed by atoms with Gasteiger partial charge in [0.05, 0.1) is 11.5 Å². The lowest BCUT2D eigenvalue weighted by atomic mass is 10.2. The molecule has 1 aliphatic heterocycles. The van der Waals surface area contributed by atoms with E-state index in [9.17, 15) is 14.9 Å². The maximum atomic E-state index is 12.5. The van der Waals surface area contributed by atoms with Crippen LogP contribution in [-0.2, 0) is 4.79 Å². The summed E-state index contributed by atoms with van der Waals surface area (Å²) < 4.78 is 22.9. The molecule has 21 heavy (non-hydrogen) atoms. The van der Waals surface area contributed by atoms with Gasteiger partial charge in [0.25, 0.3) is 5.69 Å². The summed E-state index contributed by atoms with van der Waals surface area (Å²) in [6.45, 7) is 0.370. The number of piperazine rings is 1. The molecule has 1 saturated heterocycles. The van der Waals surface area contributed by atoms with E-state index in [-0.39, 0.29) is 17.9 Å². The Balaban J connectivity index is 2.16. The zero-order valence-corrected chi connectivity index (χ0v) is 11.9. The summed E-state index contributed by atoms with van der Waals surface area (Å²) in [6.07, 6.45) is 0. The van der Waals surface area contributed by atoms with Crippen molar-refractivity contribution in [3.63, 3.8) is 0 Å². The van der Waals surface area contributed by atoms with Crippen molar-refractivity contribution < 1.29 is 13.8 Å². The normalized spacial score (nSPS) is 19.4. The fraction of sp³-hybridized carbons (Fsp3) is 0.500. The molecule has 0 atom stereocenters. The number of amides is 1. The first kappa shape index (κ1) is 11.6. The molecule has 7 nitrogen and oxygen atoms in total. The quantitative estimate of drug-likeness (QED) is 0.607. The summed E-state index contributed by atoms with van der Waals surface area (Å²) in [4.78, 5) is 27.4. The molecule has 1 amide bonds. The smallest absolute Gasteiger partial charge is 0.269 e. The molecule has 0 N–H and O–H groups in total. The minimum absolute atomic E-state index is 0.00319. The van der Waals surface area contributed by atoms with Crippen LogP contribution in [-0.4, -0.2) is 67.4 Å². The van der Waals surface area contributed by atoms with Crippen molar-refractivity contribution in [3.05, 3.63) is 34.4 Å². The lowest BCUT2D eigenvalue weighted by Gasteiger charge is -2.32. The first-order chi connectivity index (χ1) is 11.2. The highest BCUT2D eigenvalue weighted by atomic mass is 16.6. The Morgan fingerprint density at radius 1 is 1.33 bits per heavy atom. The topological polar surface area (TPSA) is 69.9 Å². The fourth-order valence-electron chi connectivity index (χ4n) is 2.14. The monoisotopic (exact) mass is 295 g/mol. The molecule has 1 aromatic carbocycles. The Morgan fingerprint density at radius 3 is 2.48 bits per heavy atom. The molecule has 0 aromatic heterocycles. The van der Waals surface area contributed by atoms with Crippen LogP contribution in [0.25, 0.3) is 0 Å². The number of nitro groups is 1. The fourth-order valence-corrected chi connectivity index (χ4v) is 2.14. The Labute approximate surface area is 128 Å². The van der Waals surface area contributed by atoms with E-state index in [0.717, 1.165) is 18.0 Å². The van der Waals surface area contributed by atoms with Crippen molar-refractivity contribution in [2.75, 3.05) is 51.6 Å². The maximum Gasteiger partial charge on any atom is 0.269 e. The van der Waals surface area contributed by atoms with Crippen LogP contribution in [0.5, 0.6) is 0 Å². The molecule has 0 spiro atoms. The molecular weight excluding hydrogens is 272 g/mol. The Hall–Kier alpha value is -1.99. The van der Waals surface area contributed by atoms with Gasteiger partial charge in [-0.25, -0.2) is 0 Å². The molecule has 7 heteroatoms. The summed E-state index contributed by atoms with van der Waals surface area (Å²) in [5.41, 5.74) is -0.0320. The molecule has 114 valence electrons. The number of rotatable bonds is 4. The van der Waals surface area contributed by atoms with Crippen LogP contribution in [0.1, 0.15) is 4.11 Å². The zero-order valence-electron chi connectivity index (χ0n) is 14.9. The molecule has 0 saturated carbocycles. The minimum Gasteiger partial charge on any atom is -0.314 e. The van der Waals surface area contributed by atoms with Crippen LogP contribution in [0.3, 0.4) is 0 Å². The van der Waals surface area contributed by atoms with E-state index in [1.165, 1.54) is 24.3 Å². The standard InChI is InChI=1S/C14H20N4O3/c1-15-7-9-17(10-8-15)11-14(19)16(2)12-3-5-13(6-4-12)18(20)21/h3-6H,7-11H2,1-2H3/i2D3. The molecule has 0 unspecified atom stereocenters. The second-order valence-corrected chi connectivity index (χ2v) is 5.08. The van der Waals surface area contributed by atoms with E-state index in [1.54, 1.807) is 0 Å². The predicted octanol–water partition coefficient (Wildman–Crippen LogP) is 0.805. The summed E-state index contributed by atoms with van der Waals surface area (Å²) >= 11 is 0. The average Bonchev–Trinajstić information content (AvgIpc) is 2.49. The van der Waals surface area contributed by atoms with Crippen LogP contribution in [0, 0.1) is 10.1 Å². The number of carbonyl (C=O) groups excluding carboxylic acids is 1. The maximum absolute atomic E-state index is 12.5. The first-order valence-electron chi connectivity index (χ1n) is 8.17. The number of benzene rings is 1. The molecule has 0 bridgehead atoms. The predicted molar refractivity (Wildman–Crippen MR) is 80.4 cm³/mol. The van der Waals surface area contributed by atoms with Crippen molar-refractivity contribution >= 4 is 17.3 Å². The second kappa shape index (κ2) is 6.64. The third-order valence-corrected chi connectivity index (χ3v) is 3.52. The van der Waals surface area contributed by atoms with Gasteiger partial charge in [-0.15, -0.1) is 0 Å². The largest absolute Gasteiger partial charge is 0.314 e. The highest BCUT2D eigenvalue weighted by Crippen LogP contribution is 2.18. The number of nitro benzene ring substituents is 1. The zero-order chi connectivity index (χ0) is 17.9. The van der Waals surface area contributed by atoms with Crippen LogP contribution in [0.2, 0.25) is 0 Å². The summed E-state index contributed by atoms with van der Waals surface area (Å²) in [7, 11) is 1.99. The van der Waals surface area contributed by atoms with Gasteiger partial charge in [0.1, 0.15) is 0 Å². The van der Waals surface area contributed by atoms with Gasteiger partial charge in [-0.05, 0) is 19.2 Å². The van der Waals surface area contributed by atoms with Gasteiger partial charge in [0, 0.05) is 55.1 Å². The van der Waals surface area contributed by atoms with Gasteiger partial charge in [0.15, 0.2) is 0 Å². The average molecular weight is 295 g/mol. The number of anilines is 1. The van der Waals surface area contributed by atoms with E-state index in [1.807, 2.05) is 11.9 Å². The Bertz CT molecular complexity index is 598. The number of hydrogen-bond donors (Lipinski definition) is 0. The molecule has 2 rings (SSSR count). The first-order valence-corrected chi connectivity index (χ1v) is 6.67. The van der Waals surface area contributed by atoms with E-state index >= 15 is 0 Å². The van der Waals surface area contributed by atoms with Gasteiger partial charge in [-0.1, -0.05) is 0 Å². The summed E-state index contributed by atoms with van der Waals surface area (Å²) in [5, 5.41) is 10.7. The molecule has 0 aliphatic carbocycles. The Morgan fingerprint density at radius 2 is 1.95 bits per heavy atom. The molecule has 1 aliphatic rings. The number of hydrogen-bond acceptors (Lipinski definition) is 5. The number of carbonyl (C=O) groups is 1. The third kappa shape index (κ3) is 3.99. The van der Waals surface area contributed by atoms with Gasteiger partial charge in [-0.3, -0.25) is 19.8 Å². The van der Waals surface area contributed by atoms with Crippen LogP contribution in [0.4, 0.5) is 11.4 Å². The van der Waals surface area contributed by atoms with Gasteiger partial charge in [0.2, 0.25) is 5.91 Å². The van der Waals surface area contributed by atoms with E-state index in [2.05, 4.69) is 4.90 Å². The highest BCUT2D eigenvalue weighted by molar-refractivity contribution is 5.94. The second-order valence-electron chi connectivity index (χ2n) is 5.08. The lowest BCUT2D eigenvalue weighted by Crippen LogP contribution is -2.48. The highest BCUT2D eigenvalue weighted by Gasteiger charge is 2.19. The SMILES string of the molecule is [2H]C([2H])([2H])N(C(=O)CN1CCN(C)CC1)c1ccc([N+](=O)[O-])cc1. The molecule has 0 radical (unpaired) electrons. The van der Waals surface area contributed by atoms with Crippen LogP contribution >= 0.6 is 0 Å². The third-order valence-electron chi connectivity index (χ3n) is 3.52. The molecule has 1 fully saturated rings. The summed E-state index contributed by atoms with van der Waals surface area (Å²) in [5.74, 6) is -0.548. The summed E-state index contributed by atoms with van der Waals surface area (Å²) in [6, 6.07) is 4.95. The number of non-ortho nitro benzene ring substituents is 1. The van der Waals surface area contributed by atoms with Crippen molar-refractivity contribution in [2.24, 2.45) is 0 Å². The molecular formula is C14H20N4O3. The number of nitrogens with zero attached hydrogens (tertiary/aromatic N) is 4. The number of likely N-dealkylation sites (N-methyl/N-ethyl adjacent to an activating group) is 2. The van der Waals surface area contributed by atoms with Crippen LogP contribution in [0.15, 0.2) is 24.3 Å². The van der Waals surface area contributed by atoms with Crippen molar-refractivity contribution in [1.82, 2.24) is 9.80 Å².